The second-order valence-corrected chi connectivity index (χ2v) is 3.70. The van der Waals surface area contributed by atoms with E-state index in [9.17, 15) is 0 Å². The molecule has 2 rings (SSSR count). The summed E-state index contributed by atoms with van der Waals surface area (Å²) in [6, 6.07) is 0. The van der Waals surface area contributed by atoms with Crippen molar-refractivity contribution >= 4 is 0 Å². The molecule has 2 aliphatic rings. The first-order valence-corrected chi connectivity index (χ1v) is 4.86. The molecule has 0 saturated carbocycles. The molecule has 1 N–H and O–H groups in total. The molecule has 0 amide bonds. The minimum absolute atomic E-state index is 0.943. The Hall–Kier alpha value is -0.300. The van der Waals surface area contributed by atoms with Crippen molar-refractivity contribution in [3.63, 3.8) is 0 Å². The summed E-state index contributed by atoms with van der Waals surface area (Å²) in [7, 11) is 0. The Morgan fingerprint density at radius 2 is 2.09 bits per heavy atom. The largest absolute Gasteiger partial charge is 0.317 e. The molecule has 0 unspecified atom stereocenters. The lowest BCUT2D eigenvalue weighted by Gasteiger charge is -2.23. The van der Waals surface area contributed by atoms with Crippen LogP contribution in [-0.4, -0.2) is 13.1 Å². The highest BCUT2D eigenvalue weighted by atomic mass is 14.9. The predicted molar refractivity (Wildman–Crippen MR) is 47.5 cm³/mol. The number of hydrogen-bond acceptors (Lipinski definition) is 1. The molecule has 11 heavy (non-hydrogen) atoms. The van der Waals surface area contributed by atoms with E-state index in [1.807, 2.05) is 0 Å². The van der Waals surface area contributed by atoms with Gasteiger partial charge in [0.2, 0.25) is 0 Å². The summed E-state index contributed by atoms with van der Waals surface area (Å²) in [5.41, 5.74) is 1.77. The molecule has 1 aliphatic heterocycles. The Kier molecular flexibility index (Phi) is 2.27. The highest BCUT2D eigenvalue weighted by molar-refractivity contribution is 5.12. The zero-order valence-electron chi connectivity index (χ0n) is 7.10. The summed E-state index contributed by atoms with van der Waals surface area (Å²) in [4.78, 5) is 0. The normalized spacial score (nSPS) is 27.1. The summed E-state index contributed by atoms with van der Waals surface area (Å²) in [6.07, 6.45) is 9.40. The summed E-state index contributed by atoms with van der Waals surface area (Å²) in [6.45, 7) is 2.48. The van der Waals surface area contributed by atoms with Crippen molar-refractivity contribution in [2.75, 3.05) is 13.1 Å². The van der Waals surface area contributed by atoms with Crippen LogP contribution in [0.25, 0.3) is 0 Å². The van der Waals surface area contributed by atoms with Gasteiger partial charge in [-0.05, 0) is 51.1 Å². The summed E-state index contributed by atoms with van der Waals surface area (Å²) < 4.78 is 0. The van der Waals surface area contributed by atoms with Crippen LogP contribution in [0, 0.1) is 5.92 Å². The first-order chi connectivity index (χ1) is 5.47. The molecule has 0 atom stereocenters. The van der Waals surface area contributed by atoms with Crippen LogP contribution < -0.4 is 5.32 Å². The average Bonchev–Trinajstić information content (AvgIpc) is 2.58. The van der Waals surface area contributed by atoms with Crippen LogP contribution in [0.15, 0.2) is 11.6 Å². The Balaban J connectivity index is 1.92. The fourth-order valence-corrected chi connectivity index (χ4v) is 2.26. The van der Waals surface area contributed by atoms with Gasteiger partial charge in [-0.3, -0.25) is 0 Å². The van der Waals surface area contributed by atoms with Crippen LogP contribution >= 0.6 is 0 Å². The summed E-state index contributed by atoms with van der Waals surface area (Å²) in [5, 5.41) is 3.41. The predicted octanol–water partition coefficient (Wildman–Crippen LogP) is 2.10. The summed E-state index contributed by atoms with van der Waals surface area (Å²) in [5.74, 6) is 0.943. The van der Waals surface area contributed by atoms with E-state index in [4.69, 9.17) is 0 Å². The third-order valence-electron chi connectivity index (χ3n) is 2.94. The maximum absolute atomic E-state index is 3.41. The van der Waals surface area contributed by atoms with Crippen LogP contribution in [0.2, 0.25) is 0 Å². The molecule has 0 spiro atoms. The standard InChI is InChI=1S/C10H17N/c1-2-4-9(3-1)10-5-7-11-8-6-10/h3,10-11H,1-2,4-8H2. The molecule has 0 bridgehead atoms. The molecule has 1 heterocycles. The van der Waals surface area contributed by atoms with Crippen molar-refractivity contribution in [3.8, 4) is 0 Å². The molecule has 0 aromatic rings. The number of allylic oxidation sites excluding steroid dienone is 2. The second-order valence-electron chi connectivity index (χ2n) is 3.70. The lowest BCUT2D eigenvalue weighted by molar-refractivity contribution is 0.414. The van der Waals surface area contributed by atoms with E-state index < -0.39 is 0 Å². The van der Waals surface area contributed by atoms with Gasteiger partial charge in [0.15, 0.2) is 0 Å². The van der Waals surface area contributed by atoms with E-state index in [0.29, 0.717) is 0 Å². The van der Waals surface area contributed by atoms with E-state index in [0.717, 1.165) is 5.92 Å². The van der Waals surface area contributed by atoms with Crippen molar-refractivity contribution in [1.29, 1.82) is 0 Å². The monoisotopic (exact) mass is 151 g/mol. The molecule has 0 aromatic heterocycles. The van der Waals surface area contributed by atoms with Crippen LogP contribution in [0.3, 0.4) is 0 Å². The van der Waals surface area contributed by atoms with Crippen molar-refractivity contribution in [1.82, 2.24) is 5.32 Å². The third-order valence-corrected chi connectivity index (χ3v) is 2.94. The highest BCUT2D eigenvalue weighted by Gasteiger charge is 2.18. The lowest BCUT2D eigenvalue weighted by Crippen LogP contribution is -2.28. The molecule has 1 heteroatoms. The third kappa shape index (κ3) is 1.64. The van der Waals surface area contributed by atoms with Crippen molar-refractivity contribution in [2.45, 2.75) is 32.1 Å². The minimum atomic E-state index is 0.943. The maximum Gasteiger partial charge on any atom is -0.00432 e. The molecule has 0 aromatic carbocycles. The molecule has 1 saturated heterocycles. The molecule has 1 aliphatic carbocycles. The summed E-state index contributed by atoms with van der Waals surface area (Å²) >= 11 is 0. The average molecular weight is 151 g/mol. The van der Waals surface area contributed by atoms with Gasteiger partial charge in [0.25, 0.3) is 0 Å². The van der Waals surface area contributed by atoms with Crippen LogP contribution in [0.5, 0.6) is 0 Å². The van der Waals surface area contributed by atoms with Crippen molar-refractivity contribution in [2.24, 2.45) is 5.92 Å². The highest BCUT2D eigenvalue weighted by Crippen LogP contribution is 2.30. The fourth-order valence-electron chi connectivity index (χ4n) is 2.26. The lowest BCUT2D eigenvalue weighted by atomic mass is 9.90. The fraction of sp³-hybridized carbons (Fsp3) is 0.800. The quantitative estimate of drug-likeness (QED) is 0.566. The molecule has 0 radical (unpaired) electrons. The van der Waals surface area contributed by atoms with Crippen LogP contribution in [-0.2, 0) is 0 Å². The zero-order valence-corrected chi connectivity index (χ0v) is 7.10. The van der Waals surface area contributed by atoms with Gasteiger partial charge in [-0.1, -0.05) is 11.6 Å². The number of piperidine rings is 1. The number of nitrogens with one attached hydrogen (secondary N) is 1. The topological polar surface area (TPSA) is 12.0 Å². The van der Waals surface area contributed by atoms with Gasteiger partial charge in [0.1, 0.15) is 0 Å². The Morgan fingerprint density at radius 3 is 2.73 bits per heavy atom. The Labute approximate surface area is 68.9 Å². The van der Waals surface area contributed by atoms with Gasteiger partial charge in [-0.25, -0.2) is 0 Å². The minimum Gasteiger partial charge on any atom is -0.317 e. The maximum atomic E-state index is 3.41. The van der Waals surface area contributed by atoms with Gasteiger partial charge in [0.05, 0.1) is 0 Å². The van der Waals surface area contributed by atoms with Gasteiger partial charge in [0, 0.05) is 0 Å². The van der Waals surface area contributed by atoms with E-state index in [1.54, 1.807) is 5.57 Å². The molecule has 62 valence electrons. The smallest absolute Gasteiger partial charge is 0.00432 e. The first-order valence-electron chi connectivity index (χ1n) is 4.86. The molecule has 1 nitrogen and oxygen atoms in total. The first kappa shape index (κ1) is 7.35. The van der Waals surface area contributed by atoms with E-state index in [1.165, 1.54) is 45.2 Å². The van der Waals surface area contributed by atoms with Crippen LogP contribution in [0.1, 0.15) is 32.1 Å². The van der Waals surface area contributed by atoms with Gasteiger partial charge < -0.3 is 5.32 Å². The number of rotatable bonds is 1. The molecule has 1 fully saturated rings. The number of hydrogen-bond donors (Lipinski definition) is 1. The SMILES string of the molecule is C1=C(C2CCNCC2)CCC1. The van der Waals surface area contributed by atoms with Gasteiger partial charge in [-0.15, -0.1) is 0 Å². The van der Waals surface area contributed by atoms with E-state index >= 15 is 0 Å². The Morgan fingerprint density at radius 1 is 1.27 bits per heavy atom. The van der Waals surface area contributed by atoms with Crippen molar-refractivity contribution < 1.29 is 0 Å². The van der Waals surface area contributed by atoms with E-state index in [-0.39, 0.29) is 0 Å². The Bertz CT molecular complexity index is 154. The van der Waals surface area contributed by atoms with Gasteiger partial charge >= 0.3 is 0 Å². The van der Waals surface area contributed by atoms with Gasteiger partial charge in [-0.2, -0.15) is 0 Å². The van der Waals surface area contributed by atoms with Crippen LogP contribution in [0.4, 0.5) is 0 Å². The molecular formula is C10H17N. The van der Waals surface area contributed by atoms with Crippen molar-refractivity contribution in [3.05, 3.63) is 11.6 Å². The van der Waals surface area contributed by atoms with E-state index in [2.05, 4.69) is 11.4 Å². The second kappa shape index (κ2) is 3.40. The zero-order chi connectivity index (χ0) is 7.52. The molecular weight excluding hydrogens is 134 g/mol.